The molecule has 5 rings (SSSR count). The highest BCUT2D eigenvalue weighted by Gasteiger charge is 2.40. The monoisotopic (exact) mass is 429 g/mol. The Labute approximate surface area is 183 Å². The summed E-state index contributed by atoms with van der Waals surface area (Å²) in [6.07, 6.45) is 5.45. The fraction of sp³-hybridized carbons (Fsp3) is 0.476. The third-order valence-electron chi connectivity index (χ3n) is 6.29. The molecule has 9 heteroatoms. The second kappa shape index (κ2) is 8.28. The lowest BCUT2D eigenvalue weighted by Crippen LogP contribution is -2.48. The number of rotatable bonds is 3. The van der Waals surface area contributed by atoms with Crippen molar-refractivity contribution in [1.82, 2.24) is 14.9 Å². The average Bonchev–Trinajstić information content (AvgIpc) is 3.37. The van der Waals surface area contributed by atoms with Crippen molar-refractivity contribution < 1.29 is 4.79 Å². The molecule has 30 heavy (non-hydrogen) atoms. The molecule has 3 aliphatic heterocycles. The van der Waals surface area contributed by atoms with Crippen LogP contribution in [0.3, 0.4) is 0 Å². The molecule has 0 radical (unpaired) electrons. The first-order valence-corrected chi connectivity index (χ1v) is 10.3. The van der Waals surface area contributed by atoms with Crippen LogP contribution in [-0.4, -0.2) is 73.3 Å². The van der Waals surface area contributed by atoms with E-state index in [1.165, 1.54) is 0 Å². The third-order valence-corrected chi connectivity index (χ3v) is 6.29. The molecule has 1 N–H and O–H groups in total. The summed E-state index contributed by atoms with van der Waals surface area (Å²) >= 11 is 0. The Kier molecular flexibility index (Phi) is 5.71. The first-order valence-electron chi connectivity index (χ1n) is 10.3. The molecule has 2 aromatic heterocycles. The molecule has 2 amide bonds. The number of hydrogen-bond donors (Lipinski definition) is 1. The average molecular weight is 430 g/mol. The van der Waals surface area contributed by atoms with Gasteiger partial charge in [-0.3, -0.25) is 9.88 Å². The summed E-state index contributed by atoms with van der Waals surface area (Å²) in [5.74, 6) is 1.72. The van der Waals surface area contributed by atoms with Crippen LogP contribution in [0.4, 0.5) is 27.8 Å². The minimum atomic E-state index is -0.136. The zero-order chi connectivity index (χ0) is 20.0. The third kappa shape index (κ3) is 3.65. The van der Waals surface area contributed by atoms with Gasteiger partial charge in [-0.05, 0) is 51.2 Å². The number of nitrogens with zero attached hydrogens (tertiary/aromatic N) is 6. The molecular weight excluding hydrogens is 402 g/mol. The minimum Gasteiger partial charge on any atom is -0.366 e. The second-order valence-corrected chi connectivity index (χ2v) is 8.29. The van der Waals surface area contributed by atoms with Crippen LogP contribution in [-0.2, 0) is 0 Å². The summed E-state index contributed by atoms with van der Waals surface area (Å²) < 4.78 is 0. The smallest absolute Gasteiger partial charge is 0.327 e. The number of amides is 2. The van der Waals surface area contributed by atoms with E-state index in [1.54, 1.807) is 12.4 Å². The zero-order valence-corrected chi connectivity index (χ0v) is 18.2. The maximum atomic E-state index is 13.2. The lowest BCUT2D eigenvalue weighted by atomic mass is 10.2. The molecule has 2 fully saturated rings. The maximum absolute atomic E-state index is 13.2. The Morgan fingerprint density at radius 1 is 1.13 bits per heavy atom. The first kappa shape index (κ1) is 20.7. The molecule has 2 bridgehead atoms. The highest BCUT2D eigenvalue weighted by molar-refractivity contribution is 6.04. The number of likely N-dealkylation sites (N-methyl/N-ethyl adjacent to an activating group) is 1. The molecular formula is C21H28ClN7O. The summed E-state index contributed by atoms with van der Waals surface area (Å²) in [6, 6.07) is 8.46. The molecule has 160 valence electrons. The molecule has 8 nitrogen and oxygen atoms in total. The van der Waals surface area contributed by atoms with Gasteiger partial charge in [-0.2, -0.15) is 0 Å². The van der Waals surface area contributed by atoms with Crippen molar-refractivity contribution in [3.05, 3.63) is 36.7 Å². The van der Waals surface area contributed by atoms with E-state index in [4.69, 9.17) is 4.98 Å². The van der Waals surface area contributed by atoms with E-state index < -0.39 is 0 Å². The summed E-state index contributed by atoms with van der Waals surface area (Å²) in [7, 11) is 4.26. The van der Waals surface area contributed by atoms with Crippen LogP contribution in [0, 0.1) is 0 Å². The van der Waals surface area contributed by atoms with Crippen molar-refractivity contribution in [2.45, 2.75) is 24.9 Å². The SMILES string of the molecule is CN(C)[C@H]1CCN(c2ccc3c(n2)N(C(=O)Nc2cccnc2)[C@H]2CCN3C2)C1.Cl. The molecule has 0 aromatic carbocycles. The number of anilines is 4. The van der Waals surface area contributed by atoms with Crippen molar-refractivity contribution in [3.8, 4) is 0 Å². The lowest BCUT2D eigenvalue weighted by Gasteiger charge is -2.36. The van der Waals surface area contributed by atoms with Crippen LogP contribution in [0.2, 0.25) is 0 Å². The Morgan fingerprint density at radius 2 is 1.97 bits per heavy atom. The Bertz CT molecular complexity index is 909. The fourth-order valence-electron chi connectivity index (χ4n) is 4.63. The number of carbonyl (C=O) groups excluding carboxylic acids is 1. The van der Waals surface area contributed by atoms with Crippen molar-refractivity contribution >= 4 is 41.4 Å². The van der Waals surface area contributed by atoms with E-state index in [0.29, 0.717) is 11.7 Å². The molecule has 0 saturated carbocycles. The summed E-state index contributed by atoms with van der Waals surface area (Å²) in [4.78, 5) is 31.1. The molecule has 2 saturated heterocycles. The first-order chi connectivity index (χ1) is 14.1. The van der Waals surface area contributed by atoms with E-state index in [0.717, 1.165) is 56.3 Å². The van der Waals surface area contributed by atoms with Crippen molar-refractivity contribution in [3.63, 3.8) is 0 Å². The number of urea groups is 1. The largest absolute Gasteiger partial charge is 0.366 e. The zero-order valence-electron chi connectivity index (χ0n) is 17.4. The van der Waals surface area contributed by atoms with Gasteiger partial charge in [0.2, 0.25) is 0 Å². The van der Waals surface area contributed by atoms with Crippen LogP contribution in [0.1, 0.15) is 12.8 Å². The number of nitrogens with one attached hydrogen (secondary N) is 1. The summed E-state index contributed by atoms with van der Waals surface area (Å²) in [5, 5.41) is 2.99. The van der Waals surface area contributed by atoms with Gasteiger partial charge in [0, 0.05) is 38.4 Å². The molecule has 5 heterocycles. The standard InChI is InChI=1S/C21H27N7O.ClH/c1-25(2)16-7-11-27(13-16)19-6-5-18-20(24-19)28(17-8-10-26(18)14-17)21(29)23-15-4-3-9-22-12-15;/h3-6,9,12,16-17H,7-8,10-11,13-14H2,1-2H3,(H,23,29);1H/t16-,17-;/m0./s1. The van der Waals surface area contributed by atoms with E-state index in [1.807, 2.05) is 17.0 Å². The summed E-state index contributed by atoms with van der Waals surface area (Å²) in [5.41, 5.74) is 1.75. The van der Waals surface area contributed by atoms with Gasteiger partial charge in [0.25, 0.3) is 0 Å². The van der Waals surface area contributed by atoms with E-state index in [9.17, 15) is 4.79 Å². The Morgan fingerprint density at radius 3 is 2.70 bits per heavy atom. The molecule has 0 spiro atoms. The van der Waals surface area contributed by atoms with Crippen molar-refractivity contribution in [2.24, 2.45) is 0 Å². The maximum Gasteiger partial charge on any atom is 0.327 e. The fourth-order valence-corrected chi connectivity index (χ4v) is 4.63. The van der Waals surface area contributed by atoms with Gasteiger partial charge in [0.1, 0.15) is 5.82 Å². The predicted molar refractivity (Wildman–Crippen MR) is 122 cm³/mol. The van der Waals surface area contributed by atoms with Crippen LogP contribution < -0.4 is 20.0 Å². The molecule has 0 aliphatic carbocycles. The van der Waals surface area contributed by atoms with Crippen LogP contribution in [0.15, 0.2) is 36.7 Å². The highest BCUT2D eigenvalue weighted by Crippen LogP contribution is 2.40. The van der Waals surface area contributed by atoms with Gasteiger partial charge in [0.05, 0.1) is 23.6 Å². The number of pyridine rings is 2. The topological polar surface area (TPSA) is 67.8 Å². The summed E-state index contributed by atoms with van der Waals surface area (Å²) in [6.45, 7) is 3.78. The Hall–Kier alpha value is -2.58. The van der Waals surface area contributed by atoms with Crippen LogP contribution >= 0.6 is 12.4 Å². The number of carbonyl (C=O) groups is 1. The van der Waals surface area contributed by atoms with E-state index >= 15 is 0 Å². The number of fused-ring (bicyclic) bond motifs is 4. The van der Waals surface area contributed by atoms with Gasteiger partial charge in [0.15, 0.2) is 5.82 Å². The second-order valence-electron chi connectivity index (χ2n) is 8.29. The van der Waals surface area contributed by atoms with Gasteiger partial charge in [-0.25, -0.2) is 9.78 Å². The number of aromatic nitrogens is 2. The minimum absolute atomic E-state index is 0. The predicted octanol–water partition coefficient (Wildman–Crippen LogP) is 2.67. The van der Waals surface area contributed by atoms with Crippen LogP contribution in [0.5, 0.6) is 0 Å². The normalized spacial score (nSPS) is 22.2. The van der Waals surface area contributed by atoms with Gasteiger partial charge in [-0.1, -0.05) is 0 Å². The quantitative estimate of drug-likeness (QED) is 0.809. The van der Waals surface area contributed by atoms with Gasteiger partial charge >= 0.3 is 6.03 Å². The van der Waals surface area contributed by atoms with Gasteiger partial charge in [-0.15, -0.1) is 12.4 Å². The molecule has 3 aliphatic rings. The number of halogens is 1. The van der Waals surface area contributed by atoms with E-state index in [2.05, 4.69) is 51.2 Å². The van der Waals surface area contributed by atoms with Crippen molar-refractivity contribution in [2.75, 3.05) is 60.3 Å². The van der Waals surface area contributed by atoms with Crippen molar-refractivity contribution in [1.29, 1.82) is 0 Å². The molecule has 2 aromatic rings. The molecule has 2 atom stereocenters. The lowest BCUT2D eigenvalue weighted by molar-refractivity contribution is 0.255. The Balaban J connectivity index is 0.00000218. The van der Waals surface area contributed by atoms with Crippen LogP contribution in [0.25, 0.3) is 0 Å². The molecule has 0 unspecified atom stereocenters. The number of hydrogen-bond acceptors (Lipinski definition) is 6. The van der Waals surface area contributed by atoms with E-state index in [-0.39, 0.29) is 24.5 Å². The highest BCUT2D eigenvalue weighted by atomic mass is 35.5. The van der Waals surface area contributed by atoms with Gasteiger partial charge < -0.3 is 20.0 Å².